The van der Waals surface area contributed by atoms with Crippen molar-refractivity contribution in [2.24, 2.45) is 5.10 Å². The zero-order valence-corrected chi connectivity index (χ0v) is 9.00. The molecule has 0 atom stereocenters. The van der Waals surface area contributed by atoms with Crippen LogP contribution in [0.2, 0.25) is 0 Å². The molecule has 0 saturated heterocycles. The Balaban J connectivity index is 2.73. The maximum atomic E-state index is 7.80. The first-order valence-corrected chi connectivity index (χ1v) is 4.72. The first-order valence-electron chi connectivity index (χ1n) is 4.72. The quantitative estimate of drug-likeness (QED) is 0.668. The number of aryl methyl sites for hydroxylation is 1. The summed E-state index contributed by atoms with van der Waals surface area (Å²) in [6.45, 7) is 5.71. The van der Waals surface area contributed by atoms with Gasteiger partial charge in [0, 0.05) is 17.5 Å². The number of hydrazone groups is 1. The average Bonchev–Trinajstić information content (AvgIpc) is 2.25. The molecule has 1 aromatic rings. The molecule has 0 bridgehead atoms. The Morgan fingerprint density at radius 3 is 2.80 bits per heavy atom. The Labute approximate surface area is 87.7 Å². The lowest BCUT2D eigenvalue weighted by molar-refractivity contribution is 0.846. The maximum Gasteiger partial charge on any atom is 0.228 e. The topological polar surface area (TPSA) is 66.1 Å². The monoisotopic (exact) mass is 203 g/mol. The molecule has 2 rings (SSSR count). The van der Waals surface area contributed by atoms with E-state index in [9.17, 15) is 0 Å². The average molecular weight is 203 g/mol. The predicted molar refractivity (Wildman–Crippen MR) is 59.5 cm³/mol. The molecule has 5 heteroatoms. The summed E-state index contributed by atoms with van der Waals surface area (Å²) in [5.41, 5.74) is 5.77. The van der Waals surface area contributed by atoms with Gasteiger partial charge in [0.05, 0.1) is 5.71 Å². The van der Waals surface area contributed by atoms with Gasteiger partial charge in [0.25, 0.3) is 0 Å². The van der Waals surface area contributed by atoms with Crippen molar-refractivity contribution in [1.29, 1.82) is 5.41 Å². The van der Waals surface area contributed by atoms with E-state index in [1.165, 1.54) is 0 Å². The lowest BCUT2D eigenvalue weighted by Gasteiger charge is -2.11. The van der Waals surface area contributed by atoms with Gasteiger partial charge in [-0.1, -0.05) is 0 Å². The van der Waals surface area contributed by atoms with E-state index in [0.29, 0.717) is 0 Å². The van der Waals surface area contributed by atoms with E-state index < -0.39 is 0 Å². The maximum absolute atomic E-state index is 7.80. The lowest BCUT2D eigenvalue weighted by Crippen LogP contribution is -2.24. The van der Waals surface area contributed by atoms with Crippen molar-refractivity contribution in [3.8, 4) is 0 Å². The van der Waals surface area contributed by atoms with Gasteiger partial charge in [0.15, 0.2) is 0 Å². The summed E-state index contributed by atoms with van der Waals surface area (Å²) in [6, 6.07) is 1.87. The van der Waals surface area contributed by atoms with E-state index in [-0.39, 0.29) is 5.62 Å². The standard InChI is InChI=1S/C10H13N5/c1-6-5-9-14-13-7(2)4-8(3)15(9)10(11)12-6/h4-5,11,14H,1-3H3. The van der Waals surface area contributed by atoms with Crippen LogP contribution in [-0.2, 0) is 0 Å². The molecule has 0 unspecified atom stereocenters. The molecule has 2 heterocycles. The minimum Gasteiger partial charge on any atom is -0.268 e. The number of hydrogen-bond acceptors (Lipinski definition) is 4. The highest BCUT2D eigenvalue weighted by molar-refractivity contribution is 5.98. The molecule has 0 radical (unpaired) electrons. The number of hydrogen-bond donors (Lipinski definition) is 2. The molecule has 2 N–H and O–H groups in total. The number of allylic oxidation sites excluding steroid dienone is 2. The zero-order chi connectivity index (χ0) is 11.0. The highest BCUT2D eigenvalue weighted by Crippen LogP contribution is 2.14. The van der Waals surface area contributed by atoms with Gasteiger partial charge in [0.1, 0.15) is 5.82 Å². The second-order valence-electron chi connectivity index (χ2n) is 3.59. The SMILES string of the molecule is CC1=CC(C)=NNc2cc(C)nc(=N)n21. The number of fused-ring (bicyclic) bond motifs is 1. The van der Waals surface area contributed by atoms with Gasteiger partial charge < -0.3 is 0 Å². The van der Waals surface area contributed by atoms with Gasteiger partial charge in [-0.25, -0.2) is 4.98 Å². The highest BCUT2D eigenvalue weighted by Gasteiger charge is 2.08. The molecule has 0 fully saturated rings. The van der Waals surface area contributed by atoms with Crippen LogP contribution in [-0.4, -0.2) is 15.3 Å². The van der Waals surface area contributed by atoms with E-state index in [1.54, 1.807) is 4.57 Å². The fourth-order valence-electron chi connectivity index (χ4n) is 1.61. The molecule has 0 aliphatic carbocycles. The van der Waals surface area contributed by atoms with E-state index >= 15 is 0 Å². The van der Waals surface area contributed by atoms with Crippen LogP contribution in [0.25, 0.3) is 5.70 Å². The van der Waals surface area contributed by atoms with Crippen LogP contribution in [0.15, 0.2) is 17.2 Å². The molecular weight excluding hydrogens is 190 g/mol. The van der Waals surface area contributed by atoms with Crippen molar-refractivity contribution in [2.75, 3.05) is 5.43 Å². The Kier molecular flexibility index (Phi) is 2.15. The van der Waals surface area contributed by atoms with Crippen molar-refractivity contribution in [2.45, 2.75) is 20.8 Å². The minimum absolute atomic E-state index is 0.219. The van der Waals surface area contributed by atoms with Crippen molar-refractivity contribution in [3.63, 3.8) is 0 Å². The van der Waals surface area contributed by atoms with Gasteiger partial charge in [0.2, 0.25) is 5.62 Å². The smallest absolute Gasteiger partial charge is 0.228 e. The third-order valence-corrected chi connectivity index (χ3v) is 2.20. The number of anilines is 1. The zero-order valence-electron chi connectivity index (χ0n) is 9.00. The summed E-state index contributed by atoms with van der Waals surface area (Å²) >= 11 is 0. The van der Waals surface area contributed by atoms with Gasteiger partial charge in [-0.3, -0.25) is 15.4 Å². The summed E-state index contributed by atoms with van der Waals surface area (Å²) in [4.78, 5) is 4.10. The predicted octanol–water partition coefficient (Wildman–Crippen LogP) is 1.33. The second-order valence-corrected chi connectivity index (χ2v) is 3.59. The van der Waals surface area contributed by atoms with Crippen molar-refractivity contribution in [1.82, 2.24) is 9.55 Å². The van der Waals surface area contributed by atoms with Crippen molar-refractivity contribution < 1.29 is 0 Å². The number of nitrogens with zero attached hydrogens (tertiary/aromatic N) is 3. The van der Waals surface area contributed by atoms with Gasteiger partial charge in [-0.05, 0) is 26.8 Å². The lowest BCUT2D eigenvalue weighted by atomic mass is 10.3. The van der Waals surface area contributed by atoms with Crippen molar-refractivity contribution >= 4 is 17.2 Å². The van der Waals surface area contributed by atoms with E-state index in [1.807, 2.05) is 32.9 Å². The van der Waals surface area contributed by atoms with Crippen LogP contribution in [0.4, 0.5) is 5.82 Å². The van der Waals surface area contributed by atoms with Crippen LogP contribution >= 0.6 is 0 Å². The van der Waals surface area contributed by atoms with Crippen LogP contribution in [0.5, 0.6) is 0 Å². The van der Waals surface area contributed by atoms with Crippen LogP contribution in [0.1, 0.15) is 19.5 Å². The third-order valence-electron chi connectivity index (χ3n) is 2.20. The molecule has 0 amide bonds. The minimum atomic E-state index is 0.219. The Bertz CT molecular complexity index is 521. The molecule has 0 saturated carbocycles. The van der Waals surface area contributed by atoms with E-state index in [0.717, 1.165) is 22.9 Å². The molecule has 1 aliphatic heterocycles. The summed E-state index contributed by atoms with van der Waals surface area (Å²) in [7, 11) is 0. The summed E-state index contributed by atoms with van der Waals surface area (Å²) in [5.74, 6) is 0.776. The van der Waals surface area contributed by atoms with Gasteiger partial charge >= 0.3 is 0 Å². The largest absolute Gasteiger partial charge is 0.268 e. The molecule has 1 aliphatic rings. The Morgan fingerprint density at radius 1 is 1.33 bits per heavy atom. The number of aromatic nitrogens is 2. The first-order chi connectivity index (χ1) is 7.08. The van der Waals surface area contributed by atoms with Gasteiger partial charge in [-0.15, -0.1) is 0 Å². The highest BCUT2D eigenvalue weighted by atomic mass is 15.4. The molecule has 78 valence electrons. The second kappa shape index (κ2) is 3.34. The molecule has 15 heavy (non-hydrogen) atoms. The van der Waals surface area contributed by atoms with Crippen LogP contribution in [0.3, 0.4) is 0 Å². The summed E-state index contributed by atoms with van der Waals surface area (Å²) < 4.78 is 1.73. The molecule has 0 spiro atoms. The van der Waals surface area contributed by atoms with E-state index in [2.05, 4.69) is 15.5 Å². The van der Waals surface area contributed by atoms with Gasteiger partial charge in [-0.2, -0.15) is 5.10 Å². The summed E-state index contributed by atoms with van der Waals surface area (Å²) in [5, 5.41) is 12.0. The van der Waals surface area contributed by atoms with Crippen LogP contribution in [0, 0.1) is 12.3 Å². The molecule has 5 nitrogen and oxygen atoms in total. The third kappa shape index (κ3) is 1.68. The fourth-order valence-corrected chi connectivity index (χ4v) is 1.61. The van der Waals surface area contributed by atoms with Crippen LogP contribution < -0.4 is 11.0 Å². The van der Waals surface area contributed by atoms with Crippen molar-refractivity contribution in [3.05, 3.63) is 23.5 Å². The Hall–Kier alpha value is -1.91. The first kappa shape index (κ1) is 9.64. The normalized spacial score (nSPS) is 14.6. The van der Waals surface area contributed by atoms with E-state index in [4.69, 9.17) is 5.41 Å². The molecule has 0 aromatic carbocycles. The fraction of sp³-hybridized carbons (Fsp3) is 0.300. The number of rotatable bonds is 0. The molecule has 1 aromatic heterocycles. The number of nitrogens with one attached hydrogen (secondary N) is 2. The molecular formula is C10H13N5. The summed E-state index contributed by atoms with van der Waals surface area (Å²) in [6.07, 6.45) is 1.92. The Morgan fingerprint density at radius 2 is 2.07 bits per heavy atom.